The van der Waals surface area contributed by atoms with E-state index in [9.17, 15) is 17.6 Å². The first kappa shape index (κ1) is 9.82. The molecule has 1 aromatic carbocycles. The Kier molecular flexibility index (Phi) is 2.44. The molecule has 0 radical (unpaired) electrons. The summed E-state index contributed by atoms with van der Waals surface area (Å²) in [4.78, 5) is 9.56. The number of carbonyl (C=O) groups is 1. The van der Waals surface area contributed by atoms with Crippen molar-refractivity contribution in [1.82, 2.24) is 0 Å². The Labute approximate surface area is 74.2 Å². The summed E-state index contributed by atoms with van der Waals surface area (Å²) in [5, 5.41) is 4.70. The molecule has 6 heteroatoms. The summed E-state index contributed by atoms with van der Waals surface area (Å²) in [5.74, 6) is -1.11. The van der Waals surface area contributed by atoms with Crippen LogP contribution < -0.4 is 5.14 Å². The second-order valence-electron chi connectivity index (χ2n) is 2.32. The number of primary sulfonamides is 1. The van der Waals surface area contributed by atoms with Crippen LogP contribution >= 0.6 is 0 Å². The average Bonchev–Trinajstić information content (AvgIpc) is 2.02. The molecule has 0 bridgehead atoms. The lowest BCUT2D eigenvalue weighted by atomic mass is 10.2. The van der Waals surface area contributed by atoms with Crippen molar-refractivity contribution in [2.75, 3.05) is 0 Å². The quantitative estimate of drug-likeness (QED) is 0.701. The molecule has 0 aliphatic rings. The van der Waals surface area contributed by atoms with E-state index in [0.717, 1.165) is 12.1 Å². The van der Waals surface area contributed by atoms with Crippen molar-refractivity contribution in [2.24, 2.45) is 5.14 Å². The number of rotatable bonds is 2. The van der Waals surface area contributed by atoms with E-state index in [1.165, 1.54) is 6.07 Å². The summed E-state index contributed by atoms with van der Waals surface area (Å²) >= 11 is 0. The van der Waals surface area contributed by atoms with Crippen LogP contribution in [0.15, 0.2) is 23.1 Å². The minimum absolute atomic E-state index is 0.226. The fourth-order valence-electron chi connectivity index (χ4n) is 0.839. The van der Waals surface area contributed by atoms with Crippen molar-refractivity contribution in [3.63, 3.8) is 0 Å². The molecule has 0 spiro atoms. The van der Waals surface area contributed by atoms with Gasteiger partial charge in [-0.3, -0.25) is 4.79 Å². The SMILES string of the molecule is NS(=O)(=O)c1cccc(C=O)c1F. The Bertz CT molecular complexity index is 441. The van der Waals surface area contributed by atoms with Gasteiger partial charge in [-0.1, -0.05) is 6.07 Å². The molecule has 4 nitrogen and oxygen atoms in total. The Hall–Kier alpha value is -1.27. The zero-order valence-electron chi connectivity index (χ0n) is 6.40. The predicted molar refractivity (Wildman–Crippen MR) is 43.2 cm³/mol. The molecule has 0 saturated carbocycles. The Morgan fingerprint density at radius 2 is 2.00 bits per heavy atom. The predicted octanol–water partition coefficient (Wildman–Crippen LogP) is 0.286. The molecule has 0 aliphatic carbocycles. The van der Waals surface area contributed by atoms with Crippen LogP contribution in [-0.4, -0.2) is 14.7 Å². The van der Waals surface area contributed by atoms with Crippen molar-refractivity contribution >= 4 is 16.3 Å². The molecule has 0 saturated heterocycles. The highest BCUT2D eigenvalue weighted by atomic mass is 32.2. The highest BCUT2D eigenvalue weighted by molar-refractivity contribution is 7.89. The van der Waals surface area contributed by atoms with Gasteiger partial charge >= 0.3 is 0 Å². The van der Waals surface area contributed by atoms with Crippen LogP contribution in [0.3, 0.4) is 0 Å². The molecule has 1 aromatic rings. The van der Waals surface area contributed by atoms with Crippen LogP contribution in [0.25, 0.3) is 0 Å². The maximum absolute atomic E-state index is 13.1. The van der Waals surface area contributed by atoms with Gasteiger partial charge in [0.1, 0.15) is 4.90 Å². The highest BCUT2D eigenvalue weighted by Gasteiger charge is 2.16. The fraction of sp³-hybridized carbons (Fsp3) is 0. The third kappa shape index (κ3) is 1.90. The molecule has 0 heterocycles. The number of aldehydes is 1. The lowest BCUT2D eigenvalue weighted by Gasteiger charge is -2.00. The maximum Gasteiger partial charge on any atom is 0.240 e. The van der Waals surface area contributed by atoms with Crippen molar-refractivity contribution < 1.29 is 17.6 Å². The maximum atomic E-state index is 13.1. The van der Waals surface area contributed by atoms with Crippen LogP contribution in [0.4, 0.5) is 4.39 Å². The molecule has 0 fully saturated rings. The Morgan fingerprint density at radius 1 is 1.38 bits per heavy atom. The van der Waals surface area contributed by atoms with Crippen LogP contribution in [0.2, 0.25) is 0 Å². The number of hydrogen-bond acceptors (Lipinski definition) is 3. The van der Waals surface area contributed by atoms with E-state index in [-0.39, 0.29) is 11.8 Å². The summed E-state index contributed by atoms with van der Waals surface area (Å²) in [6, 6.07) is 3.40. The first-order valence-corrected chi connectivity index (χ1v) is 4.78. The van der Waals surface area contributed by atoms with Crippen molar-refractivity contribution in [2.45, 2.75) is 4.90 Å². The molecular weight excluding hydrogens is 197 g/mol. The first-order chi connectivity index (χ1) is 5.96. The fourth-order valence-corrected chi connectivity index (χ4v) is 1.47. The molecule has 0 amide bonds. The van der Waals surface area contributed by atoms with Gasteiger partial charge in [0.15, 0.2) is 12.1 Å². The Morgan fingerprint density at radius 3 is 2.46 bits per heavy atom. The van der Waals surface area contributed by atoms with Gasteiger partial charge in [-0.05, 0) is 12.1 Å². The average molecular weight is 203 g/mol. The van der Waals surface area contributed by atoms with E-state index in [2.05, 4.69) is 0 Å². The molecule has 2 N–H and O–H groups in total. The highest BCUT2D eigenvalue weighted by Crippen LogP contribution is 2.14. The number of halogens is 1. The number of nitrogens with two attached hydrogens (primary N) is 1. The third-order valence-corrected chi connectivity index (χ3v) is 2.35. The molecule has 0 aromatic heterocycles. The largest absolute Gasteiger partial charge is 0.298 e. The molecular formula is C7H6FNO3S. The molecule has 0 atom stereocenters. The van der Waals surface area contributed by atoms with Crippen molar-refractivity contribution in [3.8, 4) is 0 Å². The second kappa shape index (κ2) is 3.23. The van der Waals surface area contributed by atoms with Crippen LogP contribution in [0, 0.1) is 5.82 Å². The third-order valence-electron chi connectivity index (χ3n) is 1.43. The van der Waals surface area contributed by atoms with Gasteiger partial charge in [-0.15, -0.1) is 0 Å². The van der Waals surface area contributed by atoms with E-state index in [1.807, 2.05) is 0 Å². The van der Waals surface area contributed by atoms with Gasteiger partial charge in [-0.25, -0.2) is 17.9 Å². The molecule has 1 rings (SSSR count). The summed E-state index contributed by atoms with van der Waals surface area (Å²) in [6.07, 6.45) is 0.226. The number of hydrogen-bond donors (Lipinski definition) is 1. The minimum Gasteiger partial charge on any atom is -0.298 e. The zero-order valence-corrected chi connectivity index (χ0v) is 7.21. The lowest BCUT2D eigenvalue weighted by Crippen LogP contribution is -2.14. The summed E-state index contributed by atoms with van der Waals surface area (Å²) in [6.45, 7) is 0. The van der Waals surface area contributed by atoms with E-state index in [0.29, 0.717) is 0 Å². The van der Waals surface area contributed by atoms with Crippen molar-refractivity contribution in [1.29, 1.82) is 0 Å². The molecule has 13 heavy (non-hydrogen) atoms. The monoisotopic (exact) mass is 203 g/mol. The standard InChI is InChI=1S/C7H6FNO3S/c8-7-5(4-10)2-1-3-6(7)13(9,11)12/h1-4H,(H2,9,11,12). The van der Waals surface area contributed by atoms with Gasteiger partial charge in [-0.2, -0.15) is 0 Å². The van der Waals surface area contributed by atoms with Gasteiger partial charge < -0.3 is 0 Å². The Balaban J connectivity index is 3.50. The molecule has 70 valence electrons. The van der Waals surface area contributed by atoms with Gasteiger partial charge in [0, 0.05) is 0 Å². The summed E-state index contributed by atoms with van der Waals surface area (Å²) in [7, 11) is -4.10. The van der Waals surface area contributed by atoms with Crippen LogP contribution in [0.5, 0.6) is 0 Å². The van der Waals surface area contributed by atoms with Crippen LogP contribution in [-0.2, 0) is 10.0 Å². The smallest absolute Gasteiger partial charge is 0.240 e. The number of sulfonamides is 1. The van der Waals surface area contributed by atoms with E-state index < -0.39 is 20.7 Å². The molecule has 0 aliphatic heterocycles. The normalized spacial score (nSPS) is 11.2. The lowest BCUT2D eigenvalue weighted by molar-refractivity contribution is 0.111. The van der Waals surface area contributed by atoms with Crippen molar-refractivity contribution in [3.05, 3.63) is 29.6 Å². The summed E-state index contributed by atoms with van der Waals surface area (Å²) in [5.41, 5.74) is -0.327. The van der Waals surface area contributed by atoms with Gasteiger partial charge in [0.2, 0.25) is 10.0 Å². The van der Waals surface area contributed by atoms with Gasteiger partial charge in [0.25, 0.3) is 0 Å². The number of benzene rings is 1. The first-order valence-electron chi connectivity index (χ1n) is 3.23. The topological polar surface area (TPSA) is 77.2 Å². The van der Waals surface area contributed by atoms with E-state index in [4.69, 9.17) is 5.14 Å². The summed E-state index contributed by atoms with van der Waals surface area (Å²) < 4.78 is 34.6. The zero-order chi connectivity index (χ0) is 10.1. The van der Waals surface area contributed by atoms with E-state index >= 15 is 0 Å². The second-order valence-corrected chi connectivity index (χ2v) is 3.85. The van der Waals surface area contributed by atoms with E-state index in [1.54, 1.807) is 0 Å². The number of carbonyl (C=O) groups excluding carboxylic acids is 1. The van der Waals surface area contributed by atoms with Gasteiger partial charge in [0.05, 0.1) is 5.56 Å². The van der Waals surface area contributed by atoms with Crippen LogP contribution in [0.1, 0.15) is 10.4 Å². The minimum atomic E-state index is -4.10. The molecule has 0 unspecified atom stereocenters.